The summed E-state index contributed by atoms with van der Waals surface area (Å²) in [7, 11) is 0. The second-order valence-corrected chi connectivity index (χ2v) is 4.34. The van der Waals surface area contributed by atoms with E-state index >= 15 is 0 Å². The first-order chi connectivity index (χ1) is 8.74. The molecule has 1 N–H and O–H groups in total. The number of aryl methyl sites for hydroxylation is 2. The molecule has 0 aliphatic heterocycles. The topological polar surface area (TPSA) is 46.0 Å². The van der Waals surface area contributed by atoms with Crippen molar-refractivity contribution >= 4 is 18.4 Å². The smallest absolute Gasteiger partial charge is 0.216 e. The van der Waals surface area contributed by atoms with Crippen LogP contribution in [0.4, 0.5) is 0 Å². The molecule has 0 atom stereocenters. The van der Waals surface area contributed by atoms with Gasteiger partial charge >= 0.3 is 0 Å². The zero-order valence-electron chi connectivity index (χ0n) is 10.6. The summed E-state index contributed by atoms with van der Waals surface area (Å²) in [5, 5.41) is 11.2. The van der Waals surface area contributed by atoms with Crippen LogP contribution in [0, 0.1) is 4.77 Å². The molecule has 0 bridgehead atoms. The van der Waals surface area contributed by atoms with E-state index in [9.17, 15) is 0 Å². The summed E-state index contributed by atoms with van der Waals surface area (Å²) < 4.78 is 2.18. The summed E-state index contributed by atoms with van der Waals surface area (Å²) in [4.78, 5) is 0. The third-order valence-corrected chi connectivity index (χ3v) is 3.01. The Morgan fingerprint density at radius 2 is 2.00 bits per heavy atom. The Balaban J connectivity index is 2.24. The Morgan fingerprint density at radius 1 is 1.28 bits per heavy atom. The van der Waals surface area contributed by atoms with Gasteiger partial charge in [-0.15, -0.1) is 0 Å². The molecule has 0 saturated carbocycles. The van der Waals surface area contributed by atoms with Crippen LogP contribution in [0.25, 0.3) is 0 Å². The fraction of sp³-hybridized carbons (Fsp3) is 0.308. The van der Waals surface area contributed by atoms with Crippen molar-refractivity contribution in [3.05, 3.63) is 46.0 Å². The van der Waals surface area contributed by atoms with Gasteiger partial charge in [0.1, 0.15) is 0 Å². The molecule has 0 fully saturated rings. The number of benzene rings is 1. The molecule has 94 valence electrons. The lowest BCUT2D eigenvalue weighted by Crippen LogP contribution is -1.97. The zero-order chi connectivity index (χ0) is 13.0. The predicted molar refractivity (Wildman–Crippen MR) is 75.6 cm³/mol. The minimum absolute atomic E-state index is 0.522. The number of hydrogen-bond acceptors (Lipinski definition) is 3. The molecule has 2 rings (SSSR count). The van der Waals surface area contributed by atoms with Crippen molar-refractivity contribution in [1.82, 2.24) is 14.9 Å². The summed E-state index contributed by atoms with van der Waals surface area (Å²) in [6.07, 6.45) is 3.63. The van der Waals surface area contributed by atoms with Crippen LogP contribution < -0.4 is 0 Å². The van der Waals surface area contributed by atoms with Crippen molar-refractivity contribution in [2.45, 2.75) is 26.7 Å². The largest absolute Gasteiger partial charge is 0.250 e. The molecule has 0 aliphatic rings. The average molecular weight is 260 g/mol. The highest BCUT2D eigenvalue weighted by atomic mass is 32.1. The first kappa shape index (κ1) is 12.7. The molecule has 0 saturated heterocycles. The molecule has 4 nitrogen and oxygen atoms in total. The number of nitrogens with one attached hydrogen (secondary N) is 1. The molecule has 2 aromatic rings. The van der Waals surface area contributed by atoms with Gasteiger partial charge in [-0.3, -0.25) is 5.10 Å². The van der Waals surface area contributed by atoms with E-state index in [2.05, 4.69) is 46.5 Å². The second-order valence-electron chi connectivity index (χ2n) is 3.95. The summed E-state index contributed by atoms with van der Waals surface area (Å²) in [6.45, 7) is 4.16. The van der Waals surface area contributed by atoms with Crippen molar-refractivity contribution in [2.75, 3.05) is 0 Å². The number of nitrogens with zero attached hydrogens (tertiary/aromatic N) is 3. The Kier molecular flexibility index (Phi) is 4.04. The molecule has 1 heterocycles. The molecule has 0 spiro atoms. The lowest BCUT2D eigenvalue weighted by atomic mass is 10.1. The fourth-order valence-electron chi connectivity index (χ4n) is 1.64. The minimum Gasteiger partial charge on any atom is -0.250 e. The lowest BCUT2D eigenvalue weighted by molar-refractivity contribution is 0.780. The van der Waals surface area contributed by atoms with Crippen LogP contribution in [0.3, 0.4) is 0 Å². The van der Waals surface area contributed by atoms with Crippen LogP contribution in [0.2, 0.25) is 0 Å². The molecule has 18 heavy (non-hydrogen) atoms. The van der Waals surface area contributed by atoms with Gasteiger partial charge in [-0.2, -0.15) is 14.9 Å². The quantitative estimate of drug-likeness (QED) is 0.678. The van der Waals surface area contributed by atoms with Gasteiger partial charge in [0.05, 0.1) is 6.21 Å². The third-order valence-electron chi connectivity index (χ3n) is 2.74. The van der Waals surface area contributed by atoms with Crippen molar-refractivity contribution in [3.63, 3.8) is 0 Å². The molecular formula is C13H16N4S. The Labute approximate surface area is 111 Å². The maximum atomic E-state index is 5.13. The number of aromatic amines is 1. The summed E-state index contributed by atoms with van der Waals surface area (Å²) in [5.41, 5.74) is 2.37. The van der Waals surface area contributed by atoms with Crippen molar-refractivity contribution in [3.8, 4) is 0 Å². The Bertz CT molecular complexity index is 592. The molecule has 0 aliphatic carbocycles. The van der Waals surface area contributed by atoms with E-state index in [0.29, 0.717) is 4.77 Å². The molecule has 5 heteroatoms. The summed E-state index contributed by atoms with van der Waals surface area (Å²) >= 11 is 5.13. The molecule has 0 amide bonds. The normalized spacial score (nSPS) is 11.2. The molecule has 1 aromatic heterocycles. The first-order valence-electron chi connectivity index (χ1n) is 6.04. The maximum Gasteiger partial charge on any atom is 0.216 e. The Hall–Kier alpha value is -1.75. The standard InChI is InChI=1S/C13H16N4S/c1-3-10-5-7-11(8-6-10)9-14-17-12(4-2)15-16-13(17)18/h5-9H,3-4H2,1-2H3,(H,16,18)/b14-9+. The van der Waals surface area contributed by atoms with Crippen LogP contribution in [0.1, 0.15) is 30.8 Å². The van der Waals surface area contributed by atoms with E-state index in [1.54, 1.807) is 10.9 Å². The van der Waals surface area contributed by atoms with Gasteiger partial charge < -0.3 is 0 Å². The highest BCUT2D eigenvalue weighted by Crippen LogP contribution is 2.04. The van der Waals surface area contributed by atoms with Crippen LogP contribution in [-0.2, 0) is 12.8 Å². The number of aromatic nitrogens is 3. The van der Waals surface area contributed by atoms with Gasteiger partial charge in [0.2, 0.25) is 4.77 Å². The average Bonchev–Trinajstić information content (AvgIpc) is 2.77. The highest BCUT2D eigenvalue weighted by molar-refractivity contribution is 7.71. The molecular weight excluding hydrogens is 244 g/mol. The lowest BCUT2D eigenvalue weighted by Gasteiger charge is -1.98. The van der Waals surface area contributed by atoms with E-state index in [4.69, 9.17) is 12.2 Å². The predicted octanol–water partition coefficient (Wildman–Crippen LogP) is 2.95. The monoisotopic (exact) mass is 260 g/mol. The summed E-state index contributed by atoms with van der Waals surface area (Å²) in [5.74, 6) is 0.835. The minimum atomic E-state index is 0.522. The fourth-order valence-corrected chi connectivity index (χ4v) is 1.83. The van der Waals surface area contributed by atoms with E-state index in [-0.39, 0.29) is 0 Å². The van der Waals surface area contributed by atoms with Crippen molar-refractivity contribution < 1.29 is 0 Å². The van der Waals surface area contributed by atoms with Gasteiger partial charge in [-0.25, -0.2) is 0 Å². The van der Waals surface area contributed by atoms with E-state index in [1.807, 2.05) is 6.92 Å². The third kappa shape index (κ3) is 2.73. The van der Waals surface area contributed by atoms with Gasteiger partial charge in [0.15, 0.2) is 5.82 Å². The van der Waals surface area contributed by atoms with Crippen LogP contribution in [-0.4, -0.2) is 21.1 Å². The van der Waals surface area contributed by atoms with E-state index in [0.717, 1.165) is 24.2 Å². The highest BCUT2D eigenvalue weighted by Gasteiger charge is 2.00. The van der Waals surface area contributed by atoms with Gasteiger partial charge in [0, 0.05) is 6.42 Å². The molecule has 0 unspecified atom stereocenters. The second kappa shape index (κ2) is 5.73. The molecule has 0 radical (unpaired) electrons. The number of rotatable bonds is 4. The Morgan fingerprint density at radius 3 is 2.61 bits per heavy atom. The first-order valence-corrected chi connectivity index (χ1v) is 6.45. The van der Waals surface area contributed by atoms with Crippen molar-refractivity contribution in [2.24, 2.45) is 5.10 Å². The van der Waals surface area contributed by atoms with E-state index < -0.39 is 0 Å². The SMILES string of the molecule is CCc1ccc(/C=N/n2c(CC)n[nH]c2=S)cc1. The number of hydrogen-bond donors (Lipinski definition) is 1. The van der Waals surface area contributed by atoms with Crippen LogP contribution in [0.5, 0.6) is 0 Å². The maximum absolute atomic E-state index is 5.13. The van der Waals surface area contributed by atoms with Crippen LogP contribution >= 0.6 is 12.2 Å². The van der Waals surface area contributed by atoms with Gasteiger partial charge in [-0.1, -0.05) is 38.1 Å². The van der Waals surface area contributed by atoms with Gasteiger partial charge in [-0.05, 0) is 29.8 Å². The van der Waals surface area contributed by atoms with Gasteiger partial charge in [0.25, 0.3) is 0 Å². The van der Waals surface area contributed by atoms with Crippen LogP contribution in [0.15, 0.2) is 29.4 Å². The molecule has 1 aromatic carbocycles. The number of H-pyrrole nitrogens is 1. The zero-order valence-corrected chi connectivity index (χ0v) is 11.4. The van der Waals surface area contributed by atoms with Crippen molar-refractivity contribution in [1.29, 1.82) is 0 Å². The summed E-state index contributed by atoms with van der Waals surface area (Å²) in [6, 6.07) is 8.32. The van der Waals surface area contributed by atoms with E-state index in [1.165, 1.54) is 5.56 Å².